The van der Waals surface area contributed by atoms with Gasteiger partial charge in [-0.2, -0.15) is 4.98 Å². The second kappa shape index (κ2) is 6.91. The third-order valence-electron chi connectivity index (χ3n) is 3.48. The minimum absolute atomic E-state index is 0.199. The summed E-state index contributed by atoms with van der Waals surface area (Å²) < 4.78 is 5.24. The molecule has 2 atom stereocenters. The number of hydrogen-bond donors (Lipinski definition) is 2. The first-order valence-electron chi connectivity index (χ1n) is 7.71. The van der Waals surface area contributed by atoms with Crippen LogP contribution >= 0.6 is 0 Å². The number of rotatable bonds is 5. The summed E-state index contributed by atoms with van der Waals surface area (Å²) >= 11 is 0. The first-order chi connectivity index (χ1) is 10.8. The smallest absolute Gasteiger partial charge is 0.248 e. The topological polar surface area (TPSA) is 94.0 Å². The van der Waals surface area contributed by atoms with Crippen molar-refractivity contribution in [3.63, 3.8) is 0 Å². The van der Waals surface area contributed by atoms with Crippen LogP contribution in [0.4, 0.5) is 0 Å². The maximum absolute atomic E-state index is 12.2. The molecule has 0 spiro atoms. The molecular formula is C17H24N4O2. The predicted molar refractivity (Wildman–Crippen MR) is 87.7 cm³/mol. The molecule has 0 saturated heterocycles. The fraction of sp³-hybridized carbons (Fsp3) is 0.471. The van der Waals surface area contributed by atoms with Gasteiger partial charge in [-0.25, -0.2) is 0 Å². The molecule has 0 fully saturated rings. The molecule has 0 aliphatic carbocycles. The molecule has 1 amide bonds. The molecule has 2 rings (SSSR count). The van der Waals surface area contributed by atoms with Crippen LogP contribution in [0.1, 0.15) is 51.0 Å². The van der Waals surface area contributed by atoms with Crippen molar-refractivity contribution in [2.75, 3.05) is 0 Å². The largest absolute Gasteiger partial charge is 0.343 e. The third-order valence-corrected chi connectivity index (χ3v) is 3.48. The van der Waals surface area contributed by atoms with E-state index in [2.05, 4.69) is 15.5 Å². The zero-order valence-corrected chi connectivity index (χ0v) is 14.0. The minimum Gasteiger partial charge on any atom is -0.343 e. The summed E-state index contributed by atoms with van der Waals surface area (Å²) in [6.45, 7) is 7.80. The van der Waals surface area contributed by atoms with Gasteiger partial charge in [-0.3, -0.25) is 4.79 Å². The highest BCUT2D eigenvalue weighted by Crippen LogP contribution is 2.20. The Kier molecular flexibility index (Phi) is 5.15. The first-order valence-corrected chi connectivity index (χ1v) is 7.71. The van der Waals surface area contributed by atoms with Gasteiger partial charge in [-0.05, 0) is 18.9 Å². The lowest BCUT2D eigenvalue weighted by Gasteiger charge is -2.15. The lowest BCUT2D eigenvalue weighted by Crippen LogP contribution is -2.43. The molecule has 23 heavy (non-hydrogen) atoms. The van der Waals surface area contributed by atoms with Crippen molar-refractivity contribution in [3.8, 4) is 0 Å². The average molecular weight is 316 g/mol. The van der Waals surface area contributed by atoms with Crippen LogP contribution in [-0.2, 0) is 16.6 Å². The summed E-state index contributed by atoms with van der Waals surface area (Å²) in [5, 5.41) is 6.78. The SMILES string of the molecule is CC(NC(=O)[C@@H](N)Cc1ccccc1)c1nc(C(C)(C)C)no1. The van der Waals surface area contributed by atoms with Crippen LogP contribution in [0.25, 0.3) is 0 Å². The van der Waals surface area contributed by atoms with Crippen molar-refractivity contribution in [1.82, 2.24) is 15.5 Å². The van der Waals surface area contributed by atoms with E-state index in [0.29, 0.717) is 18.1 Å². The van der Waals surface area contributed by atoms with E-state index >= 15 is 0 Å². The van der Waals surface area contributed by atoms with Crippen LogP contribution < -0.4 is 11.1 Å². The molecule has 1 heterocycles. The molecule has 6 heteroatoms. The van der Waals surface area contributed by atoms with Crippen molar-refractivity contribution < 1.29 is 9.32 Å². The normalized spacial score (nSPS) is 14.3. The van der Waals surface area contributed by atoms with Crippen LogP contribution in [0.2, 0.25) is 0 Å². The number of amides is 1. The molecule has 0 aliphatic heterocycles. The van der Waals surface area contributed by atoms with E-state index in [0.717, 1.165) is 5.56 Å². The monoisotopic (exact) mass is 316 g/mol. The number of carbonyl (C=O) groups is 1. The Hall–Kier alpha value is -2.21. The molecule has 0 saturated carbocycles. The zero-order valence-electron chi connectivity index (χ0n) is 14.0. The lowest BCUT2D eigenvalue weighted by atomic mass is 9.96. The van der Waals surface area contributed by atoms with Crippen LogP contribution in [-0.4, -0.2) is 22.1 Å². The van der Waals surface area contributed by atoms with Gasteiger partial charge >= 0.3 is 0 Å². The summed E-state index contributed by atoms with van der Waals surface area (Å²) in [6.07, 6.45) is 0.483. The van der Waals surface area contributed by atoms with Gasteiger partial charge in [-0.1, -0.05) is 56.3 Å². The maximum atomic E-state index is 12.2. The predicted octanol–water partition coefficient (Wildman–Crippen LogP) is 2.11. The van der Waals surface area contributed by atoms with Crippen LogP contribution in [0.5, 0.6) is 0 Å². The number of nitrogens with two attached hydrogens (primary N) is 1. The van der Waals surface area contributed by atoms with Gasteiger partial charge in [0.05, 0.1) is 6.04 Å². The minimum atomic E-state index is -0.621. The quantitative estimate of drug-likeness (QED) is 0.881. The molecule has 124 valence electrons. The van der Waals surface area contributed by atoms with Gasteiger partial charge in [-0.15, -0.1) is 0 Å². The van der Waals surface area contributed by atoms with E-state index in [-0.39, 0.29) is 17.4 Å². The highest BCUT2D eigenvalue weighted by atomic mass is 16.5. The Morgan fingerprint density at radius 2 is 1.96 bits per heavy atom. The Morgan fingerprint density at radius 3 is 2.52 bits per heavy atom. The molecular weight excluding hydrogens is 292 g/mol. The van der Waals surface area contributed by atoms with E-state index in [1.54, 1.807) is 6.92 Å². The van der Waals surface area contributed by atoms with E-state index in [9.17, 15) is 4.79 Å². The standard InChI is InChI=1S/C17H24N4O2/c1-11(15-20-16(21-23-15)17(2,3)4)19-14(22)13(18)10-12-8-6-5-7-9-12/h5-9,11,13H,10,18H2,1-4H3,(H,19,22)/t11?,13-/m0/s1. The molecule has 0 radical (unpaired) electrons. The van der Waals surface area contributed by atoms with Gasteiger partial charge in [0, 0.05) is 5.41 Å². The van der Waals surface area contributed by atoms with Gasteiger partial charge in [0.1, 0.15) is 6.04 Å². The van der Waals surface area contributed by atoms with E-state index in [1.165, 1.54) is 0 Å². The van der Waals surface area contributed by atoms with Gasteiger partial charge in [0.2, 0.25) is 11.8 Å². The molecule has 6 nitrogen and oxygen atoms in total. The van der Waals surface area contributed by atoms with Crippen molar-refractivity contribution in [3.05, 3.63) is 47.6 Å². The fourth-order valence-electron chi connectivity index (χ4n) is 2.06. The Morgan fingerprint density at radius 1 is 1.30 bits per heavy atom. The van der Waals surface area contributed by atoms with Crippen LogP contribution in [0.15, 0.2) is 34.9 Å². The van der Waals surface area contributed by atoms with Crippen LogP contribution in [0.3, 0.4) is 0 Å². The van der Waals surface area contributed by atoms with Gasteiger partial charge in [0.15, 0.2) is 5.82 Å². The molecule has 1 unspecified atom stereocenters. The van der Waals surface area contributed by atoms with Gasteiger partial charge in [0.25, 0.3) is 0 Å². The van der Waals surface area contributed by atoms with E-state index < -0.39 is 6.04 Å². The van der Waals surface area contributed by atoms with Gasteiger partial charge < -0.3 is 15.6 Å². The second-order valence-corrected chi connectivity index (χ2v) is 6.73. The van der Waals surface area contributed by atoms with Crippen molar-refractivity contribution >= 4 is 5.91 Å². The summed E-state index contributed by atoms with van der Waals surface area (Å²) in [5.41, 5.74) is 6.80. The Bertz CT molecular complexity index is 646. The highest BCUT2D eigenvalue weighted by Gasteiger charge is 2.25. The summed E-state index contributed by atoms with van der Waals surface area (Å²) in [7, 11) is 0. The Labute approximate surface area is 136 Å². The summed E-state index contributed by atoms with van der Waals surface area (Å²) in [5.74, 6) is 0.759. The molecule has 2 aromatic rings. The van der Waals surface area contributed by atoms with E-state index in [1.807, 2.05) is 51.1 Å². The maximum Gasteiger partial charge on any atom is 0.248 e. The average Bonchev–Trinajstić information content (AvgIpc) is 2.98. The number of nitrogens with one attached hydrogen (secondary N) is 1. The molecule has 3 N–H and O–H groups in total. The molecule has 1 aromatic heterocycles. The lowest BCUT2D eigenvalue weighted by molar-refractivity contribution is -0.123. The first kappa shape index (κ1) is 17.1. The van der Waals surface area contributed by atoms with E-state index in [4.69, 9.17) is 10.3 Å². The molecule has 0 aliphatic rings. The van der Waals surface area contributed by atoms with Crippen molar-refractivity contribution in [1.29, 1.82) is 0 Å². The number of benzene rings is 1. The molecule has 1 aromatic carbocycles. The summed E-state index contributed by atoms with van der Waals surface area (Å²) in [6, 6.07) is 8.68. The number of hydrogen-bond acceptors (Lipinski definition) is 5. The molecule has 0 bridgehead atoms. The zero-order chi connectivity index (χ0) is 17.0. The Balaban J connectivity index is 1.95. The summed E-state index contributed by atoms with van der Waals surface area (Å²) in [4.78, 5) is 16.6. The van der Waals surface area contributed by atoms with Crippen LogP contribution in [0, 0.1) is 0 Å². The number of aromatic nitrogens is 2. The highest BCUT2D eigenvalue weighted by molar-refractivity contribution is 5.82. The van der Waals surface area contributed by atoms with Crippen molar-refractivity contribution in [2.24, 2.45) is 5.73 Å². The number of nitrogens with zero attached hydrogens (tertiary/aromatic N) is 2. The second-order valence-electron chi connectivity index (χ2n) is 6.73. The van der Waals surface area contributed by atoms with Crippen molar-refractivity contribution in [2.45, 2.75) is 51.6 Å². The number of carbonyl (C=O) groups excluding carboxylic acids is 1. The third kappa shape index (κ3) is 4.63. The fourth-order valence-corrected chi connectivity index (χ4v) is 2.06.